The molecule has 15 nitrogen and oxygen atoms in total. The number of nitrogens with zero attached hydrogens (tertiary/aromatic N) is 11. The number of nitrogens with one attached hydrogen (secondary N) is 3. The van der Waals surface area contributed by atoms with Crippen LogP contribution in [0.2, 0.25) is 25.7 Å². The number of likely N-dealkylation sites (tertiary alicyclic amines) is 2. The lowest BCUT2D eigenvalue weighted by atomic mass is 10.1. The normalized spacial score (nSPS) is 15.2. The van der Waals surface area contributed by atoms with Gasteiger partial charge in [0.1, 0.15) is 6.73 Å². The van der Waals surface area contributed by atoms with Crippen molar-refractivity contribution in [2.24, 2.45) is 0 Å². The van der Waals surface area contributed by atoms with E-state index < -0.39 is 8.07 Å². The minimum atomic E-state index is -1.09. The minimum absolute atomic E-state index is 0.465. The molecule has 10 rings (SSSR count). The summed E-state index contributed by atoms with van der Waals surface area (Å²) >= 11 is 3.59. The zero-order valence-electron chi connectivity index (χ0n) is 37.7. The van der Waals surface area contributed by atoms with Crippen molar-refractivity contribution in [2.45, 2.75) is 97.9 Å². The number of hydrogen-bond acceptors (Lipinski definition) is 13. The molecule has 10 heterocycles. The zero-order valence-corrected chi connectivity index (χ0v) is 40.3. The fourth-order valence-electron chi connectivity index (χ4n) is 8.28. The van der Waals surface area contributed by atoms with E-state index in [1.165, 1.54) is 74.5 Å². The predicted molar refractivity (Wildman–Crippen MR) is 262 cm³/mol. The third-order valence-electron chi connectivity index (χ3n) is 11.6. The molecule has 0 unspecified atom stereocenters. The number of H-pyrrole nitrogens is 1. The number of ether oxygens (including phenoxy) is 1. The second-order valence-corrected chi connectivity index (χ2v) is 26.2. The molecule has 0 amide bonds. The quantitative estimate of drug-likeness (QED) is 0.0667. The van der Waals surface area contributed by atoms with Gasteiger partial charge in [-0.2, -0.15) is 10.2 Å². The maximum absolute atomic E-state index is 5.86. The number of imidazole rings is 2. The Bertz CT molecular complexity index is 2750. The van der Waals surface area contributed by atoms with Crippen LogP contribution in [-0.4, -0.2) is 99.4 Å². The zero-order chi connectivity index (χ0) is 44.0. The van der Waals surface area contributed by atoms with E-state index >= 15 is 0 Å². The Labute approximate surface area is 384 Å². The number of rotatable bonds is 15. The molecule has 8 aromatic heterocycles. The maximum Gasteiger partial charge on any atom is 0.180 e. The van der Waals surface area contributed by atoms with Crippen molar-refractivity contribution >= 4 is 63.7 Å². The fourth-order valence-corrected chi connectivity index (χ4v) is 10.9. The fraction of sp³-hybridized carbons (Fsp3) is 0.435. The van der Waals surface area contributed by atoms with E-state index in [0.29, 0.717) is 6.73 Å². The number of thiophene rings is 2. The maximum atomic E-state index is 5.86. The van der Waals surface area contributed by atoms with Gasteiger partial charge in [0, 0.05) is 73.4 Å². The molecule has 18 heteroatoms. The number of piperidine rings is 2. The Morgan fingerprint density at radius 3 is 1.73 bits per heavy atom. The van der Waals surface area contributed by atoms with Crippen LogP contribution >= 0.6 is 22.7 Å². The standard InChI is InChI=1S/C26H37N7OSSi.C20H23N7S/c1-20-16-33-23(21-14-28-32(17-21)19-34-12-13-36(2,3)4)15-27-26(33)25(29-20)30-24-9-8-22(35-24)18-31-10-6-5-7-11-31;1-14-12-27-17(15-9-22-23-10-15)11-21-20(27)19(24-14)25-18-6-5-16(28-18)13-26-7-3-2-4-8-26/h8-9,14-17H,5-7,10-13,18-19H2,1-4H3,(H,29,30);5-6,9-12H,2-4,7-8,13H2,1H3,(H,22,23)(H,24,25). The van der Waals surface area contributed by atoms with Crippen LogP contribution in [0.15, 0.2) is 73.8 Å². The van der Waals surface area contributed by atoms with Crippen molar-refractivity contribution < 1.29 is 4.74 Å². The molecule has 0 spiro atoms. The largest absolute Gasteiger partial charge is 0.360 e. The summed E-state index contributed by atoms with van der Waals surface area (Å²) in [7, 11) is -1.09. The molecular weight excluding hydrogens is 857 g/mol. The van der Waals surface area contributed by atoms with Gasteiger partial charge in [-0.15, -0.1) is 22.7 Å². The van der Waals surface area contributed by atoms with Gasteiger partial charge >= 0.3 is 0 Å². The van der Waals surface area contributed by atoms with E-state index in [4.69, 9.17) is 19.7 Å². The van der Waals surface area contributed by atoms with Gasteiger partial charge in [0.2, 0.25) is 0 Å². The molecule has 0 atom stereocenters. The lowest BCUT2D eigenvalue weighted by Crippen LogP contribution is -2.28. The number of aryl methyl sites for hydroxylation is 2. The molecule has 2 saturated heterocycles. The first kappa shape index (κ1) is 44.0. The van der Waals surface area contributed by atoms with Crippen LogP contribution in [0.1, 0.15) is 59.7 Å². The van der Waals surface area contributed by atoms with Crippen LogP contribution in [-0.2, 0) is 24.6 Å². The smallest absolute Gasteiger partial charge is 0.180 e. The van der Waals surface area contributed by atoms with Gasteiger partial charge in [-0.05, 0) is 96.0 Å². The summed E-state index contributed by atoms with van der Waals surface area (Å²) in [6.07, 6.45) is 23.4. The Kier molecular flexibility index (Phi) is 13.7. The van der Waals surface area contributed by atoms with Gasteiger partial charge in [0.15, 0.2) is 22.9 Å². The number of anilines is 4. The molecule has 0 radical (unpaired) electrons. The lowest BCUT2D eigenvalue weighted by Gasteiger charge is -2.25. The van der Waals surface area contributed by atoms with Gasteiger partial charge in [0.25, 0.3) is 0 Å². The highest BCUT2D eigenvalue weighted by Crippen LogP contribution is 2.32. The highest BCUT2D eigenvalue weighted by atomic mass is 32.1. The molecule has 3 N–H and O–H groups in total. The highest BCUT2D eigenvalue weighted by molar-refractivity contribution is 7.16. The molecule has 2 aliphatic heterocycles. The molecular formula is C46H60N14OS2Si. The Morgan fingerprint density at radius 1 is 0.672 bits per heavy atom. The lowest BCUT2D eigenvalue weighted by molar-refractivity contribution is 0.0786. The Balaban J connectivity index is 0.000000167. The summed E-state index contributed by atoms with van der Waals surface area (Å²) in [5.74, 6) is 1.55. The van der Waals surface area contributed by atoms with E-state index in [1.54, 1.807) is 28.9 Å². The number of aromatic amines is 1. The SMILES string of the molecule is Cc1cn2c(-c3cn[nH]c3)cnc2c(Nc2ccc(CN3CCCCC3)s2)n1.Cc1cn2c(-c3cnn(COCC[Si](C)(C)C)c3)cnc2c(Nc2ccc(CN3CCCCC3)s2)n1. The average Bonchev–Trinajstić information content (AvgIpc) is 4.13. The predicted octanol–water partition coefficient (Wildman–Crippen LogP) is 10.2. The van der Waals surface area contributed by atoms with E-state index in [0.717, 1.165) is 92.6 Å². The third-order valence-corrected chi connectivity index (χ3v) is 15.3. The Morgan fingerprint density at radius 2 is 1.22 bits per heavy atom. The van der Waals surface area contributed by atoms with Gasteiger partial charge in [-0.3, -0.25) is 23.7 Å². The van der Waals surface area contributed by atoms with Crippen molar-refractivity contribution in [3.8, 4) is 22.5 Å². The van der Waals surface area contributed by atoms with Crippen LogP contribution in [0.25, 0.3) is 33.8 Å². The van der Waals surface area contributed by atoms with Crippen molar-refractivity contribution in [3.05, 3.63) is 95.0 Å². The molecule has 336 valence electrons. The summed E-state index contributed by atoms with van der Waals surface area (Å²) in [5, 5.41) is 20.6. The van der Waals surface area contributed by atoms with Crippen LogP contribution in [0.4, 0.5) is 21.6 Å². The Hall–Kier alpha value is -5.24. The first-order valence-corrected chi connectivity index (χ1v) is 27.9. The van der Waals surface area contributed by atoms with Crippen molar-refractivity contribution in [1.29, 1.82) is 0 Å². The van der Waals surface area contributed by atoms with Crippen molar-refractivity contribution in [1.82, 2.24) is 58.5 Å². The van der Waals surface area contributed by atoms with Gasteiger partial charge in [0.05, 0.1) is 57.6 Å². The van der Waals surface area contributed by atoms with Gasteiger partial charge in [-0.25, -0.2) is 24.6 Å². The number of hydrogen-bond donors (Lipinski definition) is 3. The van der Waals surface area contributed by atoms with Crippen molar-refractivity contribution in [2.75, 3.05) is 43.4 Å². The molecule has 0 bridgehead atoms. The van der Waals surface area contributed by atoms with E-state index in [-0.39, 0.29) is 0 Å². The topological polar surface area (TPSA) is 147 Å². The molecule has 8 aromatic rings. The monoisotopic (exact) mass is 916 g/mol. The first-order chi connectivity index (χ1) is 31.1. The van der Waals surface area contributed by atoms with Crippen molar-refractivity contribution in [3.63, 3.8) is 0 Å². The third kappa shape index (κ3) is 11.0. The summed E-state index contributed by atoms with van der Waals surface area (Å²) in [5.41, 5.74) is 7.47. The first-order valence-electron chi connectivity index (χ1n) is 22.6. The van der Waals surface area contributed by atoms with E-state index in [1.807, 2.05) is 61.9 Å². The molecule has 2 fully saturated rings. The van der Waals surface area contributed by atoms with Crippen LogP contribution in [0, 0.1) is 13.8 Å². The summed E-state index contributed by atoms with van der Waals surface area (Å²) in [6.45, 7) is 19.3. The summed E-state index contributed by atoms with van der Waals surface area (Å²) < 4.78 is 11.9. The molecule has 2 aliphatic rings. The minimum Gasteiger partial charge on any atom is -0.360 e. The van der Waals surface area contributed by atoms with Crippen LogP contribution in [0.5, 0.6) is 0 Å². The molecule has 0 aromatic carbocycles. The average molecular weight is 917 g/mol. The van der Waals surface area contributed by atoms with Gasteiger partial charge in [-0.1, -0.05) is 32.5 Å². The van der Waals surface area contributed by atoms with Gasteiger partial charge < -0.3 is 15.4 Å². The number of fused-ring (bicyclic) bond motifs is 2. The summed E-state index contributed by atoms with van der Waals surface area (Å²) in [4.78, 5) is 26.7. The summed E-state index contributed by atoms with van der Waals surface area (Å²) in [6, 6.07) is 9.90. The van der Waals surface area contributed by atoms with Crippen LogP contribution < -0.4 is 10.6 Å². The second-order valence-electron chi connectivity index (χ2n) is 18.2. The number of aromatic nitrogens is 10. The van der Waals surface area contributed by atoms with E-state index in [2.05, 4.69) is 93.4 Å². The molecule has 64 heavy (non-hydrogen) atoms. The second kappa shape index (κ2) is 19.9. The molecule has 0 saturated carbocycles. The highest BCUT2D eigenvalue weighted by Gasteiger charge is 2.18. The molecule has 0 aliphatic carbocycles. The van der Waals surface area contributed by atoms with E-state index in [9.17, 15) is 0 Å². The van der Waals surface area contributed by atoms with Crippen LogP contribution in [0.3, 0.4) is 0 Å².